The first kappa shape index (κ1) is 27.2. The van der Waals surface area contributed by atoms with E-state index in [0.29, 0.717) is 7.18 Å². The molecule has 1 unspecified atom stereocenters. The number of nitrogen functional groups attached to an aromatic ring is 1. The van der Waals surface area contributed by atoms with Gasteiger partial charge < -0.3 is 15.5 Å². The second kappa shape index (κ2) is 14.1. The van der Waals surface area contributed by atoms with Crippen molar-refractivity contribution in [1.29, 1.82) is 0 Å². The summed E-state index contributed by atoms with van der Waals surface area (Å²) in [5.41, 5.74) is 5.94. The summed E-state index contributed by atoms with van der Waals surface area (Å²) in [5, 5.41) is 1.13. The van der Waals surface area contributed by atoms with E-state index in [2.05, 4.69) is 18.6 Å². The average Bonchev–Trinajstić information content (AvgIpc) is 2.56. The SMILES string of the molecule is CCC.CCCC(C)C(=O)CN(N)c1ccc(OC(F)(F)F)cc1N.CF. The summed E-state index contributed by atoms with van der Waals surface area (Å²) in [4.78, 5) is 11.9. The van der Waals surface area contributed by atoms with Crippen molar-refractivity contribution in [1.82, 2.24) is 0 Å². The number of carbonyl (C=O) groups is 1. The molecule has 1 aromatic rings. The van der Waals surface area contributed by atoms with Crippen LogP contribution < -0.4 is 21.3 Å². The van der Waals surface area contributed by atoms with E-state index in [-0.39, 0.29) is 29.6 Å². The molecular weight excluding hydrogens is 366 g/mol. The van der Waals surface area contributed by atoms with Gasteiger partial charge in [0.25, 0.3) is 0 Å². The van der Waals surface area contributed by atoms with Gasteiger partial charge in [0.2, 0.25) is 0 Å². The van der Waals surface area contributed by atoms with Crippen LogP contribution in [0.15, 0.2) is 18.2 Å². The quantitative estimate of drug-likeness (QED) is 0.297. The zero-order valence-corrected chi connectivity index (χ0v) is 16.6. The number of ether oxygens (including phenoxy) is 1. The first-order chi connectivity index (χ1) is 12.6. The minimum absolute atomic E-state index is 0.000180. The molecule has 0 saturated heterocycles. The Hall–Kier alpha value is -2.03. The van der Waals surface area contributed by atoms with E-state index in [1.807, 2.05) is 13.8 Å². The second-order valence-electron chi connectivity index (χ2n) is 5.76. The highest BCUT2D eigenvalue weighted by Crippen LogP contribution is 2.30. The van der Waals surface area contributed by atoms with E-state index >= 15 is 0 Å². The summed E-state index contributed by atoms with van der Waals surface area (Å²) in [6, 6.07) is 3.40. The minimum atomic E-state index is -4.79. The molecule has 5 nitrogen and oxygen atoms in total. The van der Waals surface area contributed by atoms with E-state index in [1.54, 1.807) is 0 Å². The fourth-order valence-corrected chi connectivity index (χ4v) is 1.99. The summed E-state index contributed by atoms with van der Waals surface area (Å²) in [5.74, 6) is 5.15. The maximum absolute atomic E-state index is 12.1. The summed E-state index contributed by atoms with van der Waals surface area (Å²) in [6.45, 7) is 7.97. The van der Waals surface area contributed by atoms with Crippen molar-refractivity contribution in [2.24, 2.45) is 11.8 Å². The molecule has 0 fully saturated rings. The Morgan fingerprint density at radius 1 is 1.22 bits per heavy atom. The lowest BCUT2D eigenvalue weighted by Crippen LogP contribution is -2.38. The fraction of sp³-hybridized carbons (Fsp3) is 0.611. The van der Waals surface area contributed by atoms with Crippen molar-refractivity contribution in [3.05, 3.63) is 18.2 Å². The molecule has 0 saturated carbocycles. The van der Waals surface area contributed by atoms with Crippen LogP contribution in [0.25, 0.3) is 0 Å². The predicted octanol–water partition coefficient (Wildman–Crippen LogP) is 4.85. The molecule has 0 aliphatic heterocycles. The lowest BCUT2D eigenvalue weighted by atomic mass is 10.0. The van der Waals surface area contributed by atoms with Gasteiger partial charge in [0.1, 0.15) is 5.75 Å². The zero-order valence-electron chi connectivity index (χ0n) is 16.6. The first-order valence-electron chi connectivity index (χ1n) is 8.63. The number of hydrogen-bond donors (Lipinski definition) is 2. The summed E-state index contributed by atoms with van der Waals surface area (Å²) < 4.78 is 49.6. The fourth-order valence-electron chi connectivity index (χ4n) is 1.99. The molecule has 158 valence electrons. The van der Waals surface area contributed by atoms with E-state index in [0.717, 1.165) is 30.0 Å². The van der Waals surface area contributed by atoms with E-state index in [9.17, 15) is 22.4 Å². The number of halogens is 4. The molecule has 9 heteroatoms. The summed E-state index contributed by atoms with van der Waals surface area (Å²) in [6.07, 6.45) is -1.91. The second-order valence-corrected chi connectivity index (χ2v) is 5.76. The molecular formula is C18H31F4N3O2. The molecule has 4 N–H and O–H groups in total. The number of hydrogen-bond acceptors (Lipinski definition) is 5. The molecule has 0 aliphatic carbocycles. The molecule has 1 rings (SSSR count). The van der Waals surface area contributed by atoms with Gasteiger partial charge in [-0.3, -0.25) is 9.18 Å². The molecule has 0 radical (unpaired) electrons. The first-order valence-corrected chi connectivity index (χ1v) is 8.63. The molecule has 1 atom stereocenters. The van der Waals surface area contributed by atoms with E-state index < -0.39 is 12.1 Å². The van der Waals surface area contributed by atoms with Gasteiger partial charge in [-0.1, -0.05) is 40.5 Å². The molecule has 0 aromatic heterocycles. The number of alkyl halides is 4. The zero-order chi connectivity index (χ0) is 21.6. The number of rotatable bonds is 7. The maximum atomic E-state index is 12.1. The van der Waals surface area contributed by atoms with Crippen molar-refractivity contribution in [2.75, 3.05) is 24.5 Å². The Kier molecular flexibility index (Phi) is 14.2. The van der Waals surface area contributed by atoms with Crippen molar-refractivity contribution < 1.29 is 27.1 Å². The Morgan fingerprint density at radius 3 is 2.15 bits per heavy atom. The number of ketones is 1. The van der Waals surface area contributed by atoms with Gasteiger partial charge in [-0.05, 0) is 18.6 Å². The number of Topliss-reactive ketones (excluding diaryl/α,β-unsaturated/α-hetero) is 1. The third-order valence-corrected chi connectivity index (χ3v) is 3.14. The standard InChI is InChI=1S/C14H20F3N3O2.C3H8.CH3F/c1-3-4-9(2)13(21)8-20(19)12-6-5-10(7-11(12)18)22-14(15,16)17;1-3-2;1-2/h5-7,9H,3-4,8,18-19H2,1-2H3;3H2,1-2H3;1H3. The average molecular weight is 397 g/mol. The highest BCUT2D eigenvalue weighted by Gasteiger charge is 2.31. The van der Waals surface area contributed by atoms with Gasteiger partial charge >= 0.3 is 6.36 Å². The number of hydrazine groups is 1. The lowest BCUT2D eigenvalue weighted by Gasteiger charge is -2.22. The van der Waals surface area contributed by atoms with Crippen LogP contribution in [0.2, 0.25) is 0 Å². The van der Waals surface area contributed by atoms with Gasteiger partial charge in [0.15, 0.2) is 5.78 Å². The Morgan fingerprint density at radius 2 is 1.74 bits per heavy atom. The van der Waals surface area contributed by atoms with E-state index in [1.165, 1.54) is 12.5 Å². The lowest BCUT2D eigenvalue weighted by molar-refractivity contribution is -0.274. The van der Waals surface area contributed by atoms with Crippen LogP contribution >= 0.6 is 0 Å². The smallest absolute Gasteiger partial charge is 0.406 e. The van der Waals surface area contributed by atoms with E-state index in [4.69, 9.17) is 11.6 Å². The minimum Gasteiger partial charge on any atom is -0.406 e. The Labute approximate surface area is 158 Å². The van der Waals surface area contributed by atoms with Gasteiger partial charge in [-0.2, -0.15) is 0 Å². The van der Waals surface area contributed by atoms with Crippen LogP contribution in [0.5, 0.6) is 5.75 Å². The topological polar surface area (TPSA) is 81.6 Å². The van der Waals surface area contributed by atoms with Crippen molar-refractivity contribution in [3.8, 4) is 5.75 Å². The van der Waals surface area contributed by atoms with Gasteiger partial charge in [-0.15, -0.1) is 13.2 Å². The van der Waals surface area contributed by atoms with Gasteiger partial charge in [-0.25, -0.2) is 5.84 Å². The molecule has 0 bridgehead atoms. The van der Waals surface area contributed by atoms with Gasteiger partial charge in [0, 0.05) is 12.0 Å². The number of anilines is 2. The number of nitrogens with zero attached hydrogens (tertiary/aromatic N) is 1. The number of nitrogens with two attached hydrogens (primary N) is 2. The molecule has 27 heavy (non-hydrogen) atoms. The Balaban J connectivity index is 0. The highest BCUT2D eigenvalue weighted by atomic mass is 19.4. The maximum Gasteiger partial charge on any atom is 0.573 e. The molecule has 0 spiro atoms. The number of carbonyl (C=O) groups excluding carboxylic acids is 1. The molecule has 0 heterocycles. The molecule has 0 aliphatic rings. The molecule has 1 aromatic carbocycles. The third-order valence-electron chi connectivity index (χ3n) is 3.14. The van der Waals surface area contributed by atoms with Crippen molar-refractivity contribution in [3.63, 3.8) is 0 Å². The largest absolute Gasteiger partial charge is 0.573 e. The normalized spacial score (nSPS) is 11.3. The number of benzene rings is 1. The van der Waals surface area contributed by atoms with Crippen LogP contribution in [-0.2, 0) is 4.79 Å². The van der Waals surface area contributed by atoms with Crippen LogP contribution in [0, 0.1) is 5.92 Å². The summed E-state index contributed by atoms with van der Waals surface area (Å²) in [7, 11) is 0.500. The summed E-state index contributed by atoms with van der Waals surface area (Å²) >= 11 is 0. The van der Waals surface area contributed by atoms with Crippen LogP contribution in [0.4, 0.5) is 28.9 Å². The van der Waals surface area contributed by atoms with Crippen LogP contribution in [-0.4, -0.2) is 25.9 Å². The van der Waals surface area contributed by atoms with Crippen molar-refractivity contribution in [2.45, 2.75) is 53.3 Å². The highest BCUT2D eigenvalue weighted by molar-refractivity contribution is 5.86. The Bertz CT molecular complexity index is 540. The predicted molar refractivity (Wildman–Crippen MR) is 101 cm³/mol. The monoisotopic (exact) mass is 397 g/mol. The molecule has 0 amide bonds. The third kappa shape index (κ3) is 12.1. The van der Waals surface area contributed by atoms with Gasteiger partial charge in [0.05, 0.1) is 25.1 Å². The van der Waals surface area contributed by atoms with Crippen molar-refractivity contribution >= 4 is 17.2 Å². The van der Waals surface area contributed by atoms with Crippen LogP contribution in [0.1, 0.15) is 47.0 Å². The van der Waals surface area contributed by atoms with Crippen LogP contribution in [0.3, 0.4) is 0 Å².